The Kier molecular flexibility index (Phi) is 3.58. The average Bonchev–Trinajstić information content (AvgIpc) is 2.47. The van der Waals surface area contributed by atoms with Gasteiger partial charge < -0.3 is 15.2 Å². The molecule has 3 rings (SSSR count). The van der Waals surface area contributed by atoms with Crippen LogP contribution in [0.25, 0.3) is 0 Å². The second kappa shape index (κ2) is 5.29. The van der Waals surface area contributed by atoms with E-state index in [9.17, 15) is 18.2 Å². The maximum Gasteiger partial charge on any atom is 0.457 e. The summed E-state index contributed by atoms with van der Waals surface area (Å²) in [7, 11) is -1.05. The van der Waals surface area contributed by atoms with E-state index < -0.39 is 18.8 Å². The summed E-state index contributed by atoms with van der Waals surface area (Å²) in [6, 6.07) is 11.6. The van der Waals surface area contributed by atoms with Crippen molar-refractivity contribution in [1.29, 1.82) is 0 Å². The summed E-state index contributed by atoms with van der Waals surface area (Å²) in [5.41, 5.74) is 0.925. The van der Waals surface area contributed by atoms with Crippen LogP contribution in [0.15, 0.2) is 48.5 Å². The van der Waals surface area contributed by atoms with Crippen LogP contribution in [0, 0.1) is 0 Å². The molecule has 3 nitrogen and oxygen atoms in total. The Balaban J connectivity index is 1.97. The summed E-state index contributed by atoms with van der Waals surface area (Å²) < 4.78 is 37.8. The van der Waals surface area contributed by atoms with E-state index in [0.717, 1.165) is 12.1 Å². The lowest BCUT2D eigenvalue weighted by atomic mass is 9.69. The van der Waals surface area contributed by atoms with Gasteiger partial charge in [0.2, 0.25) is 0 Å². The van der Waals surface area contributed by atoms with Crippen LogP contribution in [0.4, 0.5) is 24.5 Å². The molecule has 0 saturated carbocycles. The standard InChI is InChI=1S/C14H10BF3N2OS/c16-14(17,18)9-5-7-10(8-6-9)20-13(22)19-12-4-2-1-3-11(12)15(20)21/h1-8,21H,(H,19,22). The van der Waals surface area contributed by atoms with Gasteiger partial charge >= 0.3 is 13.2 Å². The molecule has 0 amide bonds. The van der Waals surface area contributed by atoms with Gasteiger partial charge in [-0.1, -0.05) is 18.2 Å². The average molecular weight is 322 g/mol. The fourth-order valence-corrected chi connectivity index (χ4v) is 2.65. The number of nitrogens with one attached hydrogen (secondary N) is 1. The van der Waals surface area contributed by atoms with Gasteiger partial charge in [-0.25, -0.2) is 0 Å². The van der Waals surface area contributed by atoms with E-state index in [1.165, 1.54) is 16.9 Å². The number of halogens is 3. The molecule has 0 bridgehead atoms. The first-order valence-electron chi connectivity index (χ1n) is 6.42. The van der Waals surface area contributed by atoms with E-state index in [1.54, 1.807) is 24.3 Å². The van der Waals surface area contributed by atoms with Crippen molar-refractivity contribution in [3.8, 4) is 0 Å². The summed E-state index contributed by atoms with van der Waals surface area (Å²) in [6.45, 7) is 0. The number of nitrogens with zero attached hydrogens (tertiary/aromatic N) is 1. The zero-order valence-electron chi connectivity index (χ0n) is 11.1. The summed E-state index contributed by atoms with van der Waals surface area (Å²) in [5, 5.41) is 13.6. The van der Waals surface area contributed by atoms with Gasteiger partial charge in [-0.05, 0) is 48.0 Å². The van der Waals surface area contributed by atoms with E-state index >= 15 is 0 Å². The smallest absolute Gasteiger partial charge is 0.428 e. The molecule has 1 aliphatic rings. The van der Waals surface area contributed by atoms with Crippen molar-refractivity contribution in [3.05, 3.63) is 54.1 Å². The number of alkyl halides is 3. The first-order valence-corrected chi connectivity index (χ1v) is 6.83. The topological polar surface area (TPSA) is 35.5 Å². The van der Waals surface area contributed by atoms with E-state index in [0.29, 0.717) is 16.8 Å². The summed E-state index contributed by atoms with van der Waals surface area (Å²) in [4.78, 5) is 1.37. The molecule has 0 spiro atoms. The minimum Gasteiger partial charge on any atom is -0.428 e. The Morgan fingerprint density at radius 2 is 1.68 bits per heavy atom. The van der Waals surface area contributed by atoms with Crippen LogP contribution in [0.5, 0.6) is 0 Å². The number of thiocarbonyl (C=S) groups is 1. The minimum atomic E-state index is -4.40. The van der Waals surface area contributed by atoms with Crippen molar-refractivity contribution >= 4 is 41.2 Å². The van der Waals surface area contributed by atoms with Crippen LogP contribution in [0.2, 0.25) is 0 Å². The number of anilines is 2. The fraction of sp³-hybridized carbons (Fsp3) is 0.0714. The van der Waals surface area contributed by atoms with Crippen LogP contribution in [-0.4, -0.2) is 17.2 Å². The lowest BCUT2D eigenvalue weighted by Crippen LogP contribution is -2.58. The summed E-state index contributed by atoms with van der Waals surface area (Å²) in [6.07, 6.45) is -4.40. The number of rotatable bonds is 1. The van der Waals surface area contributed by atoms with Gasteiger partial charge in [-0.3, -0.25) is 0 Å². The highest BCUT2D eigenvalue weighted by Crippen LogP contribution is 2.31. The SMILES string of the molecule is OB1c2ccccc2NC(=S)N1c1ccc(C(F)(F)F)cc1. The third-order valence-electron chi connectivity index (χ3n) is 3.42. The molecule has 0 saturated heterocycles. The molecule has 1 aliphatic heterocycles. The molecule has 0 aliphatic carbocycles. The zero-order valence-corrected chi connectivity index (χ0v) is 11.9. The van der Waals surface area contributed by atoms with Crippen molar-refractivity contribution in [2.24, 2.45) is 0 Å². The highest BCUT2D eigenvalue weighted by atomic mass is 32.1. The highest BCUT2D eigenvalue weighted by Gasteiger charge is 2.35. The Labute approximate surface area is 130 Å². The van der Waals surface area contributed by atoms with Crippen LogP contribution in [-0.2, 0) is 6.18 Å². The molecular weight excluding hydrogens is 312 g/mol. The Hall–Kier alpha value is -2.06. The molecule has 2 aromatic carbocycles. The van der Waals surface area contributed by atoms with E-state index in [-0.39, 0.29) is 5.11 Å². The Bertz CT molecular complexity index is 721. The van der Waals surface area contributed by atoms with Crippen LogP contribution >= 0.6 is 12.2 Å². The van der Waals surface area contributed by atoms with Crippen molar-refractivity contribution in [3.63, 3.8) is 0 Å². The quantitative estimate of drug-likeness (QED) is 0.625. The Morgan fingerprint density at radius 1 is 1.05 bits per heavy atom. The lowest BCUT2D eigenvalue weighted by molar-refractivity contribution is -0.137. The second-order valence-electron chi connectivity index (χ2n) is 4.81. The van der Waals surface area contributed by atoms with E-state index in [1.807, 2.05) is 0 Å². The molecule has 0 fully saturated rings. The van der Waals surface area contributed by atoms with E-state index in [2.05, 4.69) is 5.32 Å². The van der Waals surface area contributed by atoms with Crippen molar-refractivity contribution in [1.82, 2.24) is 0 Å². The van der Waals surface area contributed by atoms with Gasteiger partial charge in [0.25, 0.3) is 0 Å². The largest absolute Gasteiger partial charge is 0.457 e. The number of fused-ring (bicyclic) bond motifs is 1. The molecule has 2 N–H and O–H groups in total. The van der Waals surface area contributed by atoms with Crippen molar-refractivity contribution in [2.45, 2.75) is 6.18 Å². The molecule has 0 aromatic heterocycles. The maximum atomic E-state index is 12.6. The maximum absolute atomic E-state index is 12.6. The van der Waals surface area contributed by atoms with Gasteiger partial charge in [-0.15, -0.1) is 0 Å². The van der Waals surface area contributed by atoms with Crippen molar-refractivity contribution in [2.75, 3.05) is 10.1 Å². The number of para-hydroxylation sites is 1. The van der Waals surface area contributed by atoms with Crippen LogP contribution < -0.4 is 15.6 Å². The van der Waals surface area contributed by atoms with Gasteiger partial charge in [0, 0.05) is 11.4 Å². The first kappa shape index (κ1) is 14.9. The predicted octanol–water partition coefficient (Wildman–Crippen LogP) is 2.61. The van der Waals surface area contributed by atoms with Crippen molar-refractivity contribution < 1.29 is 18.2 Å². The molecule has 2 aromatic rings. The zero-order chi connectivity index (χ0) is 15.9. The van der Waals surface area contributed by atoms with Gasteiger partial charge in [0.15, 0.2) is 5.11 Å². The van der Waals surface area contributed by atoms with Gasteiger partial charge in [-0.2, -0.15) is 13.2 Å². The summed E-state index contributed by atoms with van der Waals surface area (Å²) >= 11 is 5.20. The normalized spacial score (nSPS) is 14.6. The molecule has 0 atom stereocenters. The monoisotopic (exact) mass is 322 g/mol. The molecule has 8 heteroatoms. The van der Waals surface area contributed by atoms with Crippen LogP contribution in [0.1, 0.15) is 5.56 Å². The molecule has 0 radical (unpaired) electrons. The van der Waals surface area contributed by atoms with Gasteiger partial charge in [0.05, 0.1) is 5.56 Å². The van der Waals surface area contributed by atoms with Crippen LogP contribution in [0.3, 0.4) is 0 Å². The Morgan fingerprint density at radius 3 is 2.32 bits per heavy atom. The first-order chi connectivity index (χ1) is 10.4. The third kappa shape index (κ3) is 2.55. The fourth-order valence-electron chi connectivity index (χ4n) is 2.33. The second-order valence-corrected chi connectivity index (χ2v) is 5.19. The number of hydrogen-bond donors (Lipinski definition) is 2. The van der Waals surface area contributed by atoms with E-state index in [4.69, 9.17) is 12.2 Å². The highest BCUT2D eigenvalue weighted by molar-refractivity contribution is 7.81. The lowest BCUT2D eigenvalue weighted by Gasteiger charge is -2.34. The molecule has 1 heterocycles. The molecule has 0 unspecified atom stereocenters. The minimum absolute atomic E-state index is 0.228. The predicted molar refractivity (Wildman–Crippen MR) is 84.2 cm³/mol. The molecule has 22 heavy (non-hydrogen) atoms. The summed E-state index contributed by atoms with van der Waals surface area (Å²) in [5.74, 6) is 0. The number of hydrogen-bond acceptors (Lipinski definition) is 2. The molecule has 112 valence electrons. The number of benzene rings is 2. The van der Waals surface area contributed by atoms with Gasteiger partial charge in [0.1, 0.15) is 0 Å². The third-order valence-corrected chi connectivity index (χ3v) is 3.72. The molecular formula is C14H10BF3N2OS.